The topological polar surface area (TPSA) is 27.7 Å². The Morgan fingerprint density at radius 3 is 2.05 bits per heavy atom. The minimum absolute atomic E-state index is 0.117. The molecular formula is C32H43FO3Si. The molecule has 0 aliphatic carbocycles. The molecule has 1 atom stereocenters. The van der Waals surface area contributed by atoms with Crippen molar-refractivity contribution in [1.29, 1.82) is 0 Å². The van der Waals surface area contributed by atoms with Crippen LogP contribution in [0.3, 0.4) is 0 Å². The van der Waals surface area contributed by atoms with Gasteiger partial charge in [0.25, 0.3) is 0 Å². The van der Waals surface area contributed by atoms with E-state index in [4.69, 9.17) is 13.9 Å². The van der Waals surface area contributed by atoms with Crippen molar-refractivity contribution in [2.24, 2.45) is 5.41 Å². The summed E-state index contributed by atoms with van der Waals surface area (Å²) in [6.07, 6.45) is -0.277. The smallest absolute Gasteiger partial charge is 0.192 e. The highest BCUT2D eigenvalue weighted by Gasteiger charge is 2.37. The molecule has 3 aromatic rings. The zero-order valence-corrected chi connectivity index (χ0v) is 24.9. The van der Waals surface area contributed by atoms with E-state index in [1.165, 1.54) is 6.07 Å². The molecule has 0 amide bonds. The van der Waals surface area contributed by atoms with Gasteiger partial charge in [-0.25, -0.2) is 4.39 Å². The molecule has 0 radical (unpaired) electrons. The van der Waals surface area contributed by atoms with Gasteiger partial charge < -0.3 is 13.9 Å². The monoisotopic (exact) mass is 522 g/mol. The van der Waals surface area contributed by atoms with Gasteiger partial charge in [-0.15, -0.1) is 0 Å². The van der Waals surface area contributed by atoms with Crippen LogP contribution in [0.25, 0.3) is 11.1 Å². The maximum absolute atomic E-state index is 15.2. The predicted octanol–water partition coefficient (Wildman–Crippen LogP) is 9.33. The zero-order valence-electron chi connectivity index (χ0n) is 23.9. The van der Waals surface area contributed by atoms with Crippen molar-refractivity contribution in [3.63, 3.8) is 0 Å². The molecule has 0 unspecified atom stereocenters. The van der Waals surface area contributed by atoms with E-state index in [-0.39, 0.29) is 22.4 Å². The molecule has 0 aromatic heterocycles. The normalized spacial score (nSPS) is 13.5. The molecule has 0 saturated carbocycles. The fraction of sp³-hybridized carbons (Fsp3) is 0.438. The Balaban J connectivity index is 2.09. The lowest BCUT2D eigenvalue weighted by molar-refractivity contribution is -0.0301. The van der Waals surface area contributed by atoms with E-state index in [2.05, 4.69) is 72.8 Å². The van der Waals surface area contributed by atoms with Gasteiger partial charge in [-0.05, 0) is 64.0 Å². The molecule has 3 rings (SSSR count). The molecule has 200 valence electrons. The quantitative estimate of drug-likeness (QED) is 0.262. The largest absolute Gasteiger partial charge is 0.497 e. The number of hydrogen-bond acceptors (Lipinski definition) is 3. The minimum Gasteiger partial charge on any atom is -0.497 e. The summed E-state index contributed by atoms with van der Waals surface area (Å²) in [5.41, 5.74) is 4.18. The van der Waals surface area contributed by atoms with E-state index in [0.29, 0.717) is 24.5 Å². The Bertz CT molecular complexity index is 1180. The summed E-state index contributed by atoms with van der Waals surface area (Å²) < 4.78 is 33.8. The number of halogens is 1. The van der Waals surface area contributed by atoms with Crippen LogP contribution in [0.5, 0.6) is 5.75 Å². The number of methoxy groups -OCH3 is 1. The van der Waals surface area contributed by atoms with E-state index in [0.717, 1.165) is 22.3 Å². The van der Waals surface area contributed by atoms with Crippen LogP contribution in [0.4, 0.5) is 4.39 Å². The van der Waals surface area contributed by atoms with Crippen LogP contribution in [-0.2, 0) is 22.4 Å². The molecule has 0 fully saturated rings. The van der Waals surface area contributed by atoms with Crippen molar-refractivity contribution in [3.05, 3.63) is 89.2 Å². The van der Waals surface area contributed by atoms with Gasteiger partial charge in [-0.2, -0.15) is 0 Å². The first-order valence-electron chi connectivity index (χ1n) is 13.0. The Morgan fingerprint density at radius 2 is 1.46 bits per heavy atom. The van der Waals surface area contributed by atoms with Gasteiger partial charge >= 0.3 is 0 Å². The molecule has 0 N–H and O–H groups in total. The summed E-state index contributed by atoms with van der Waals surface area (Å²) in [4.78, 5) is 0. The molecule has 0 bridgehead atoms. The van der Waals surface area contributed by atoms with Gasteiger partial charge in [0, 0.05) is 5.56 Å². The molecule has 0 heterocycles. The lowest BCUT2D eigenvalue weighted by atomic mass is 9.81. The summed E-state index contributed by atoms with van der Waals surface area (Å²) in [5, 5.41) is 0.117. The first kappa shape index (κ1) is 29.1. The maximum Gasteiger partial charge on any atom is 0.192 e. The van der Waals surface area contributed by atoms with Crippen LogP contribution in [-0.4, -0.2) is 15.4 Å². The second-order valence-corrected chi connectivity index (χ2v) is 17.2. The highest BCUT2D eigenvalue weighted by Crippen LogP contribution is 2.43. The van der Waals surface area contributed by atoms with Gasteiger partial charge in [-0.1, -0.05) is 90.1 Å². The summed E-state index contributed by atoms with van der Waals surface area (Å²) >= 11 is 0. The summed E-state index contributed by atoms with van der Waals surface area (Å²) in [5.74, 6) is 0.327. The van der Waals surface area contributed by atoms with Crippen molar-refractivity contribution in [2.45, 2.75) is 79.0 Å². The second kappa shape index (κ2) is 11.5. The first-order chi connectivity index (χ1) is 17.2. The van der Waals surface area contributed by atoms with Crippen LogP contribution in [0.1, 0.15) is 64.3 Å². The predicted molar refractivity (Wildman–Crippen MR) is 154 cm³/mol. The van der Waals surface area contributed by atoms with Crippen LogP contribution in [0.2, 0.25) is 18.1 Å². The highest BCUT2D eigenvalue weighted by atomic mass is 28.4. The molecule has 37 heavy (non-hydrogen) atoms. The van der Waals surface area contributed by atoms with E-state index >= 15 is 4.39 Å². The minimum atomic E-state index is -1.93. The standard InChI is InChI=1S/C32H43FO3Si/c1-31(2,3)30(35-21-23-13-11-10-12-14-23)28-19-24(22-36-37(8,9)32(4,5)6)15-17-26(28)27-20-25(34-7)16-18-29(27)33/h10-20,30H,21-22H2,1-9H3/t30-/m0/s1. The Labute approximate surface area is 224 Å². The van der Waals surface area contributed by atoms with Gasteiger partial charge in [0.1, 0.15) is 11.6 Å². The van der Waals surface area contributed by atoms with Crippen molar-refractivity contribution >= 4 is 8.32 Å². The number of ether oxygens (including phenoxy) is 2. The van der Waals surface area contributed by atoms with E-state index in [1.54, 1.807) is 19.2 Å². The number of rotatable bonds is 9. The van der Waals surface area contributed by atoms with E-state index in [9.17, 15) is 0 Å². The lowest BCUT2D eigenvalue weighted by Gasteiger charge is -2.36. The lowest BCUT2D eigenvalue weighted by Crippen LogP contribution is -2.40. The van der Waals surface area contributed by atoms with E-state index < -0.39 is 8.32 Å². The van der Waals surface area contributed by atoms with Crippen LogP contribution in [0, 0.1) is 11.2 Å². The molecule has 3 aromatic carbocycles. The Kier molecular flexibility index (Phi) is 9.04. The third-order valence-electron chi connectivity index (χ3n) is 7.31. The number of hydrogen-bond donors (Lipinski definition) is 0. The van der Waals surface area contributed by atoms with Gasteiger partial charge in [-0.3, -0.25) is 0 Å². The average molecular weight is 523 g/mol. The SMILES string of the molecule is COc1ccc(F)c(-c2ccc(CO[Si](C)(C)C(C)(C)C)cc2[C@H](OCc2ccccc2)C(C)(C)C)c1. The fourth-order valence-corrected chi connectivity index (χ4v) is 5.00. The highest BCUT2D eigenvalue weighted by molar-refractivity contribution is 6.74. The van der Waals surface area contributed by atoms with Gasteiger partial charge in [0.15, 0.2) is 8.32 Å². The third kappa shape index (κ3) is 7.31. The number of benzene rings is 3. The molecule has 0 aliphatic rings. The molecule has 5 heteroatoms. The van der Waals surface area contributed by atoms with Crippen LogP contribution >= 0.6 is 0 Å². The van der Waals surface area contributed by atoms with Crippen molar-refractivity contribution in [3.8, 4) is 16.9 Å². The average Bonchev–Trinajstić information content (AvgIpc) is 2.83. The molecule has 3 nitrogen and oxygen atoms in total. The molecule has 0 saturated heterocycles. The summed E-state index contributed by atoms with van der Waals surface area (Å²) in [6, 6.07) is 21.2. The fourth-order valence-electron chi connectivity index (χ4n) is 4.04. The molecule has 0 spiro atoms. The summed E-state index contributed by atoms with van der Waals surface area (Å²) in [7, 11) is -0.337. The van der Waals surface area contributed by atoms with E-state index in [1.807, 2.05) is 30.3 Å². The van der Waals surface area contributed by atoms with Gasteiger partial charge in [0.2, 0.25) is 0 Å². The van der Waals surface area contributed by atoms with Crippen molar-refractivity contribution < 1.29 is 18.3 Å². The van der Waals surface area contributed by atoms with Crippen LogP contribution in [0.15, 0.2) is 66.7 Å². The van der Waals surface area contributed by atoms with Crippen molar-refractivity contribution in [1.82, 2.24) is 0 Å². The zero-order chi connectivity index (χ0) is 27.4. The van der Waals surface area contributed by atoms with Gasteiger partial charge in [0.05, 0.1) is 26.4 Å². The second-order valence-electron chi connectivity index (χ2n) is 12.4. The maximum atomic E-state index is 15.2. The van der Waals surface area contributed by atoms with Crippen LogP contribution < -0.4 is 4.74 Å². The first-order valence-corrected chi connectivity index (χ1v) is 15.9. The summed E-state index contributed by atoms with van der Waals surface area (Å²) in [6.45, 7) is 18.7. The molecular weight excluding hydrogens is 479 g/mol. The Morgan fingerprint density at radius 1 is 0.784 bits per heavy atom. The van der Waals surface area contributed by atoms with Crippen molar-refractivity contribution in [2.75, 3.05) is 7.11 Å². The Hall–Kier alpha value is -2.47. The molecule has 0 aliphatic heterocycles. The third-order valence-corrected chi connectivity index (χ3v) is 11.8.